The van der Waals surface area contributed by atoms with Gasteiger partial charge in [-0.25, -0.2) is 0 Å². The second-order valence-electron chi connectivity index (χ2n) is 5.17. The van der Waals surface area contributed by atoms with Gasteiger partial charge in [-0.05, 0) is 31.1 Å². The molecule has 0 aromatic heterocycles. The lowest BCUT2D eigenvalue weighted by atomic mass is 9.51. The molecule has 2 fully saturated rings. The van der Waals surface area contributed by atoms with Crippen molar-refractivity contribution in [1.82, 2.24) is 10.6 Å². The van der Waals surface area contributed by atoms with Gasteiger partial charge in [-0.2, -0.15) is 0 Å². The van der Waals surface area contributed by atoms with Gasteiger partial charge in [-0.15, -0.1) is 0 Å². The normalized spacial score (nSPS) is 22.1. The Morgan fingerprint density at radius 2 is 2.00 bits per heavy atom. The van der Waals surface area contributed by atoms with E-state index in [4.69, 9.17) is 0 Å². The fourth-order valence-corrected chi connectivity index (χ4v) is 2.82. The molecule has 2 rings (SSSR count). The van der Waals surface area contributed by atoms with E-state index in [1.807, 2.05) is 0 Å². The van der Waals surface area contributed by atoms with Gasteiger partial charge in [-0.3, -0.25) is 9.59 Å². The first-order valence-corrected chi connectivity index (χ1v) is 6.13. The van der Waals surface area contributed by atoms with Crippen LogP contribution in [0.4, 0.5) is 0 Å². The van der Waals surface area contributed by atoms with Crippen molar-refractivity contribution in [3.05, 3.63) is 0 Å². The molecule has 0 unspecified atom stereocenters. The van der Waals surface area contributed by atoms with Crippen LogP contribution in [0.5, 0.6) is 0 Å². The Kier molecular flexibility index (Phi) is 3.17. The molecule has 2 amide bonds. The fraction of sp³-hybridized carbons (Fsp3) is 0.833. The Labute approximate surface area is 96.2 Å². The van der Waals surface area contributed by atoms with Crippen molar-refractivity contribution in [1.29, 1.82) is 0 Å². The summed E-state index contributed by atoms with van der Waals surface area (Å²) in [6.45, 7) is 0.460. The highest BCUT2D eigenvalue weighted by Crippen LogP contribution is 2.58. The highest BCUT2D eigenvalue weighted by Gasteiger charge is 2.50. The molecule has 0 aliphatic heterocycles. The molecule has 0 saturated heterocycles. The van der Waals surface area contributed by atoms with Gasteiger partial charge in [0.15, 0.2) is 0 Å². The molecule has 4 nitrogen and oxygen atoms in total. The van der Waals surface area contributed by atoms with E-state index < -0.39 is 0 Å². The third kappa shape index (κ3) is 2.20. The van der Waals surface area contributed by atoms with E-state index in [2.05, 4.69) is 10.6 Å². The minimum atomic E-state index is -0.0237. The molecule has 4 heteroatoms. The Bertz CT molecular complexity index is 289. The van der Waals surface area contributed by atoms with Gasteiger partial charge in [-0.1, -0.05) is 6.42 Å². The monoisotopic (exact) mass is 224 g/mol. The second-order valence-corrected chi connectivity index (χ2v) is 5.17. The molecule has 2 N–H and O–H groups in total. The summed E-state index contributed by atoms with van der Waals surface area (Å²) in [5, 5.41) is 5.37. The molecule has 16 heavy (non-hydrogen) atoms. The van der Waals surface area contributed by atoms with Gasteiger partial charge in [0.1, 0.15) is 0 Å². The standard InChI is InChI=1S/C12H20N2O2/c1-13-10(15)3-6-14-11(16)9-7-12(8-9)4-2-5-12/h9H,2-8H2,1H3,(H,13,15)(H,14,16). The summed E-state index contributed by atoms with van der Waals surface area (Å²) >= 11 is 0. The predicted molar refractivity (Wildman–Crippen MR) is 60.7 cm³/mol. The summed E-state index contributed by atoms with van der Waals surface area (Å²) in [7, 11) is 1.61. The largest absolute Gasteiger partial charge is 0.359 e. The lowest BCUT2D eigenvalue weighted by Crippen LogP contribution is -2.49. The maximum Gasteiger partial charge on any atom is 0.223 e. The van der Waals surface area contributed by atoms with Crippen molar-refractivity contribution < 1.29 is 9.59 Å². The number of nitrogens with one attached hydrogen (secondary N) is 2. The number of hydrogen-bond donors (Lipinski definition) is 2. The number of carbonyl (C=O) groups is 2. The molecule has 0 radical (unpaired) electrons. The van der Waals surface area contributed by atoms with Crippen LogP contribution in [0.1, 0.15) is 38.5 Å². The molecule has 0 aromatic carbocycles. The molecule has 2 saturated carbocycles. The number of rotatable bonds is 4. The lowest BCUT2D eigenvalue weighted by molar-refractivity contribution is -0.136. The van der Waals surface area contributed by atoms with Crippen molar-refractivity contribution in [2.75, 3.05) is 13.6 Å². The van der Waals surface area contributed by atoms with E-state index in [-0.39, 0.29) is 17.7 Å². The highest BCUT2D eigenvalue weighted by molar-refractivity contribution is 5.81. The predicted octanol–water partition coefficient (Wildman–Crippen LogP) is 0.819. The van der Waals surface area contributed by atoms with Gasteiger partial charge < -0.3 is 10.6 Å². The molecule has 0 bridgehead atoms. The average molecular weight is 224 g/mol. The molecule has 2 aliphatic carbocycles. The van der Waals surface area contributed by atoms with Crippen LogP contribution in [0.3, 0.4) is 0 Å². The first-order valence-electron chi connectivity index (χ1n) is 6.13. The maximum absolute atomic E-state index is 11.7. The zero-order valence-corrected chi connectivity index (χ0v) is 9.84. The van der Waals surface area contributed by atoms with Gasteiger partial charge in [0.2, 0.25) is 11.8 Å². The summed E-state index contributed by atoms with van der Waals surface area (Å²) in [6.07, 6.45) is 6.48. The summed E-state index contributed by atoms with van der Waals surface area (Å²) in [5.74, 6) is 0.329. The topological polar surface area (TPSA) is 58.2 Å². The van der Waals surface area contributed by atoms with Crippen LogP contribution in [0.15, 0.2) is 0 Å². The van der Waals surface area contributed by atoms with E-state index in [9.17, 15) is 9.59 Å². The van der Waals surface area contributed by atoms with Crippen LogP contribution in [0.2, 0.25) is 0 Å². The summed E-state index contributed by atoms with van der Waals surface area (Å²) < 4.78 is 0. The zero-order valence-electron chi connectivity index (χ0n) is 9.84. The smallest absolute Gasteiger partial charge is 0.223 e. The van der Waals surface area contributed by atoms with Gasteiger partial charge in [0.05, 0.1) is 0 Å². The molecule has 90 valence electrons. The van der Waals surface area contributed by atoms with Crippen molar-refractivity contribution in [3.63, 3.8) is 0 Å². The first kappa shape index (κ1) is 11.4. The van der Waals surface area contributed by atoms with Gasteiger partial charge >= 0.3 is 0 Å². The van der Waals surface area contributed by atoms with Crippen molar-refractivity contribution >= 4 is 11.8 Å². The molecule has 2 aliphatic rings. The average Bonchev–Trinajstić information content (AvgIpc) is 2.13. The van der Waals surface area contributed by atoms with Crippen LogP contribution in [0, 0.1) is 11.3 Å². The third-order valence-corrected chi connectivity index (χ3v) is 4.07. The first-order chi connectivity index (χ1) is 7.65. The number of amides is 2. The molecular formula is C12H20N2O2. The minimum Gasteiger partial charge on any atom is -0.359 e. The van der Waals surface area contributed by atoms with Crippen LogP contribution < -0.4 is 10.6 Å². The molecule has 0 atom stereocenters. The molecule has 1 spiro atoms. The summed E-state index contributed by atoms with van der Waals surface area (Å²) in [5.41, 5.74) is 0.544. The van der Waals surface area contributed by atoms with Crippen LogP contribution in [0.25, 0.3) is 0 Å². The van der Waals surface area contributed by atoms with E-state index in [1.165, 1.54) is 19.3 Å². The zero-order chi connectivity index (χ0) is 11.6. The molecule has 0 heterocycles. The fourth-order valence-electron chi connectivity index (χ4n) is 2.82. The van der Waals surface area contributed by atoms with E-state index >= 15 is 0 Å². The van der Waals surface area contributed by atoms with E-state index in [1.54, 1.807) is 7.05 Å². The van der Waals surface area contributed by atoms with Gasteiger partial charge in [0, 0.05) is 25.9 Å². The lowest BCUT2D eigenvalue weighted by Gasteiger charge is -2.53. The minimum absolute atomic E-state index is 0.0237. The Balaban J connectivity index is 1.60. The second kappa shape index (κ2) is 4.44. The number of hydrogen-bond acceptors (Lipinski definition) is 2. The van der Waals surface area contributed by atoms with E-state index in [0.717, 1.165) is 12.8 Å². The Hall–Kier alpha value is -1.06. The third-order valence-electron chi connectivity index (χ3n) is 4.07. The maximum atomic E-state index is 11.7. The van der Waals surface area contributed by atoms with Crippen LogP contribution >= 0.6 is 0 Å². The SMILES string of the molecule is CNC(=O)CCNC(=O)C1CC2(CCC2)C1. The van der Waals surface area contributed by atoms with Crippen molar-refractivity contribution in [2.45, 2.75) is 38.5 Å². The summed E-state index contributed by atoms with van der Waals surface area (Å²) in [4.78, 5) is 22.6. The van der Waals surface area contributed by atoms with Crippen LogP contribution in [-0.4, -0.2) is 25.4 Å². The Morgan fingerprint density at radius 1 is 1.31 bits per heavy atom. The Morgan fingerprint density at radius 3 is 2.50 bits per heavy atom. The quantitative estimate of drug-likeness (QED) is 0.742. The van der Waals surface area contributed by atoms with Gasteiger partial charge in [0.25, 0.3) is 0 Å². The number of carbonyl (C=O) groups excluding carboxylic acids is 2. The summed E-state index contributed by atoms with van der Waals surface area (Å²) in [6, 6.07) is 0. The molecular weight excluding hydrogens is 204 g/mol. The van der Waals surface area contributed by atoms with E-state index in [0.29, 0.717) is 18.4 Å². The van der Waals surface area contributed by atoms with Crippen molar-refractivity contribution in [2.24, 2.45) is 11.3 Å². The van der Waals surface area contributed by atoms with Crippen LogP contribution in [-0.2, 0) is 9.59 Å². The molecule has 0 aromatic rings. The van der Waals surface area contributed by atoms with Crippen molar-refractivity contribution in [3.8, 4) is 0 Å². The highest BCUT2D eigenvalue weighted by atomic mass is 16.2.